The molecule has 0 aliphatic rings. The molecule has 11 heteroatoms. The number of benzene rings is 2. The molecule has 0 aliphatic heterocycles. The molecule has 0 fully saturated rings. The van der Waals surface area contributed by atoms with Crippen LogP contribution < -0.4 is 4.74 Å². The van der Waals surface area contributed by atoms with Crippen LogP contribution in [-0.4, -0.2) is 12.1 Å². The number of ether oxygens (including phenoxy) is 1. The number of hydrogen-bond acceptors (Lipinski definition) is 2. The molecule has 0 N–H and O–H groups in total. The highest BCUT2D eigenvalue weighted by Gasteiger charge is 2.36. The average molecular weight is 536 g/mol. The summed E-state index contributed by atoms with van der Waals surface area (Å²) in [4.78, 5) is 3.73. The predicted molar refractivity (Wildman–Crippen MR) is 117 cm³/mol. The van der Waals surface area contributed by atoms with Gasteiger partial charge in [0.25, 0.3) is 0 Å². The van der Waals surface area contributed by atoms with Gasteiger partial charge in [-0.25, -0.2) is 4.98 Å². The smallest absolute Gasteiger partial charge is 0.433 e. The van der Waals surface area contributed by atoms with Crippen LogP contribution in [0.25, 0.3) is 22.4 Å². The summed E-state index contributed by atoms with van der Waals surface area (Å²) in [7, 11) is 1.26. The van der Waals surface area contributed by atoms with Gasteiger partial charge in [0.15, 0.2) is 5.75 Å². The SMILES string of the molecule is COc1c(-c2c(Cl)cc(Cl)cc2Cl)cc(C(F)(F)F)nc1-c1c(Cl)cc(Cl)cc1Cl. The monoisotopic (exact) mass is 533 g/mol. The predicted octanol–water partition coefficient (Wildman–Crippen LogP) is 9.36. The largest absolute Gasteiger partial charge is 0.494 e. The van der Waals surface area contributed by atoms with Gasteiger partial charge in [-0.2, -0.15) is 13.2 Å². The maximum absolute atomic E-state index is 13.7. The van der Waals surface area contributed by atoms with Crippen molar-refractivity contribution >= 4 is 69.6 Å². The molecule has 30 heavy (non-hydrogen) atoms. The number of halogens is 9. The molecule has 0 bridgehead atoms. The molecular formula is C19H8Cl6F3NO. The lowest BCUT2D eigenvalue weighted by molar-refractivity contribution is -0.141. The number of hydrogen-bond donors (Lipinski definition) is 0. The van der Waals surface area contributed by atoms with E-state index >= 15 is 0 Å². The maximum atomic E-state index is 13.7. The summed E-state index contributed by atoms with van der Waals surface area (Å²) < 4.78 is 46.4. The number of nitrogens with zero attached hydrogens (tertiary/aromatic N) is 1. The van der Waals surface area contributed by atoms with E-state index in [9.17, 15) is 13.2 Å². The van der Waals surface area contributed by atoms with Crippen molar-refractivity contribution in [3.05, 3.63) is 66.2 Å². The number of pyridine rings is 1. The fourth-order valence-electron chi connectivity index (χ4n) is 2.81. The molecule has 0 saturated carbocycles. The van der Waals surface area contributed by atoms with Crippen LogP contribution in [0.1, 0.15) is 5.69 Å². The summed E-state index contributed by atoms with van der Waals surface area (Å²) in [5.74, 6) is -0.0692. The highest BCUT2D eigenvalue weighted by molar-refractivity contribution is 6.43. The van der Waals surface area contributed by atoms with Crippen molar-refractivity contribution in [2.75, 3.05) is 7.11 Å². The Morgan fingerprint density at radius 2 is 1.17 bits per heavy atom. The van der Waals surface area contributed by atoms with E-state index in [0.29, 0.717) is 0 Å². The summed E-state index contributed by atoms with van der Waals surface area (Å²) >= 11 is 36.8. The van der Waals surface area contributed by atoms with Gasteiger partial charge >= 0.3 is 6.18 Å². The van der Waals surface area contributed by atoms with Crippen molar-refractivity contribution in [2.45, 2.75) is 6.18 Å². The van der Waals surface area contributed by atoms with E-state index < -0.39 is 11.9 Å². The normalized spacial score (nSPS) is 11.7. The number of methoxy groups -OCH3 is 1. The first-order valence-electron chi connectivity index (χ1n) is 7.90. The van der Waals surface area contributed by atoms with E-state index in [2.05, 4.69) is 4.98 Å². The Morgan fingerprint density at radius 1 is 0.733 bits per heavy atom. The molecule has 2 aromatic carbocycles. The van der Waals surface area contributed by atoms with Gasteiger partial charge in [0.2, 0.25) is 0 Å². The van der Waals surface area contributed by atoms with E-state index in [4.69, 9.17) is 74.3 Å². The Bertz CT molecular complexity index is 1030. The lowest BCUT2D eigenvalue weighted by atomic mass is 9.99. The van der Waals surface area contributed by atoms with Crippen molar-refractivity contribution < 1.29 is 17.9 Å². The van der Waals surface area contributed by atoms with Crippen molar-refractivity contribution in [1.82, 2.24) is 4.98 Å². The molecular weight excluding hydrogens is 528 g/mol. The molecule has 0 aliphatic carbocycles. The third kappa shape index (κ3) is 4.57. The van der Waals surface area contributed by atoms with Crippen LogP contribution in [-0.2, 0) is 6.18 Å². The summed E-state index contributed by atoms with van der Waals surface area (Å²) in [6.45, 7) is 0. The van der Waals surface area contributed by atoms with Gasteiger partial charge in [0, 0.05) is 26.7 Å². The fourth-order valence-corrected chi connectivity index (χ4v) is 4.82. The lowest BCUT2D eigenvalue weighted by Crippen LogP contribution is -2.10. The van der Waals surface area contributed by atoms with Gasteiger partial charge in [-0.3, -0.25) is 0 Å². The quantitative estimate of drug-likeness (QED) is 0.333. The van der Waals surface area contributed by atoms with Gasteiger partial charge in [-0.15, -0.1) is 0 Å². The van der Waals surface area contributed by atoms with Gasteiger partial charge < -0.3 is 4.74 Å². The van der Waals surface area contributed by atoms with Crippen molar-refractivity contribution in [2.24, 2.45) is 0 Å². The van der Waals surface area contributed by atoms with Crippen LogP contribution >= 0.6 is 69.6 Å². The van der Waals surface area contributed by atoms with Crippen molar-refractivity contribution in [3.63, 3.8) is 0 Å². The van der Waals surface area contributed by atoms with Crippen LogP contribution in [0, 0.1) is 0 Å². The van der Waals surface area contributed by atoms with Gasteiger partial charge in [0.1, 0.15) is 11.4 Å². The standard InChI is InChI=1S/C19H8Cl6F3NO/c1-30-18-9(15-10(22)2-7(20)3-11(15)23)6-14(19(26,27)28)29-17(18)16-12(24)4-8(21)5-13(16)25/h2-6H,1H3. The summed E-state index contributed by atoms with van der Waals surface area (Å²) in [6, 6.07) is 6.13. The Morgan fingerprint density at radius 3 is 1.57 bits per heavy atom. The number of rotatable bonds is 3. The van der Waals surface area contributed by atoms with Crippen molar-refractivity contribution in [1.29, 1.82) is 0 Å². The van der Waals surface area contributed by atoms with E-state index in [-0.39, 0.29) is 58.3 Å². The van der Waals surface area contributed by atoms with Gasteiger partial charge in [-0.1, -0.05) is 69.6 Å². The van der Waals surface area contributed by atoms with Crippen LogP contribution in [0.5, 0.6) is 5.75 Å². The second-order valence-corrected chi connectivity index (χ2v) is 8.43. The highest BCUT2D eigenvalue weighted by Crippen LogP contribution is 2.49. The average Bonchev–Trinajstić information content (AvgIpc) is 2.59. The zero-order valence-corrected chi connectivity index (χ0v) is 19.2. The zero-order valence-electron chi connectivity index (χ0n) is 14.6. The Labute approximate surface area is 199 Å². The van der Waals surface area contributed by atoms with E-state index in [0.717, 1.165) is 6.07 Å². The summed E-state index contributed by atoms with van der Waals surface area (Å²) in [6.07, 6.45) is -4.80. The topological polar surface area (TPSA) is 22.1 Å². The highest BCUT2D eigenvalue weighted by atomic mass is 35.5. The Balaban J connectivity index is 2.48. The van der Waals surface area contributed by atoms with E-state index in [1.54, 1.807) is 0 Å². The van der Waals surface area contributed by atoms with Gasteiger partial charge in [0.05, 0.1) is 27.2 Å². The van der Waals surface area contributed by atoms with Crippen LogP contribution in [0.4, 0.5) is 13.2 Å². The minimum Gasteiger partial charge on any atom is -0.494 e. The molecule has 0 unspecified atom stereocenters. The molecule has 0 spiro atoms. The third-order valence-electron chi connectivity index (χ3n) is 3.99. The van der Waals surface area contributed by atoms with E-state index in [1.165, 1.54) is 31.4 Å². The van der Waals surface area contributed by atoms with Crippen LogP contribution in [0.15, 0.2) is 30.3 Å². The second-order valence-electron chi connectivity index (χ2n) is 5.92. The summed E-state index contributed by atoms with van der Waals surface area (Å²) in [5.41, 5.74) is -1.46. The summed E-state index contributed by atoms with van der Waals surface area (Å²) in [5, 5.41) is 0.410. The molecule has 0 saturated heterocycles. The van der Waals surface area contributed by atoms with Crippen LogP contribution in [0.2, 0.25) is 30.1 Å². The molecule has 0 radical (unpaired) electrons. The Kier molecular flexibility index (Phi) is 6.93. The third-order valence-corrected chi connectivity index (χ3v) is 5.62. The molecule has 1 heterocycles. The maximum Gasteiger partial charge on any atom is 0.433 e. The molecule has 158 valence electrons. The van der Waals surface area contributed by atoms with E-state index in [1.807, 2.05) is 0 Å². The number of aromatic nitrogens is 1. The molecule has 0 amide bonds. The lowest BCUT2D eigenvalue weighted by Gasteiger charge is -2.19. The molecule has 3 aromatic rings. The molecule has 2 nitrogen and oxygen atoms in total. The second kappa shape index (κ2) is 8.81. The number of alkyl halides is 3. The first-order chi connectivity index (χ1) is 13.9. The first-order valence-corrected chi connectivity index (χ1v) is 10.2. The Hall–Kier alpha value is -1.08. The van der Waals surface area contributed by atoms with Crippen molar-refractivity contribution in [3.8, 4) is 28.1 Å². The first kappa shape index (κ1) is 23.6. The molecule has 1 aromatic heterocycles. The minimum absolute atomic E-state index is 0.00754. The fraction of sp³-hybridized carbons (Fsp3) is 0.105. The minimum atomic E-state index is -4.80. The van der Waals surface area contributed by atoms with Crippen LogP contribution in [0.3, 0.4) is 0 Å². The molecule has 3 rings (SSSR count). The molecule has 0 atom stereocenters. The van der Waals surface area contributed by atoms with Gasteiger partial charge in [-0.05, 0) is 30.3 Å². The zero-order chi connectivity index (χ0) is 22.4.